The maximum absolute atomic E-state index is 12.4. The minimum Gasteiger partial charge on any atom is -0.482 e. The van der Waals surface area contributed by atoms with E-state index in [4.69, 9.17) is 4.74 Å². The third kappa shape index (κ3) is 2.95. The van der Waals surface area contributed by atoms with Crippen LogP contribution in [0.2, 0.25) is 0 Å². The Balaban J connectivity index is 1.47. The number of benzene rings is 1. The van der Waals surface area contributed by atoms with E-state index in [0.29, 0.717) is 23.5 Å². The number of likely N-dealkylation sites (N-methyl/N-ethyl adjacent to an activating group) is 1. The molecule has 1 aliphatic carbocycles. The van der Waals surface area contributed by atoms with E-state index in [1.54, 1.807) is 25.2 Å². The summed E-state index contributed by atoms with van der Waals surface area (Å²) in [7, 11) is 1.68. The van der Waals surface area contributed by atoms with Gasteiger partial charge in [-0.05, 0) is 48.6 Å². The van der Waals surface area contributed by atoms with Crippen LogP contribution in [-0.4, -0.2) is 30.5 Å². The first kappa shape index (κ1) is 15.6. The first-order valence-corrected chi connectivity index (χ1v) is 8.40. The summed E-state index contributed by atoms with van der Waals surface area (Å²) in [5.41, 5.74) is 4.58. The Morgan fingerprint density at radius 3 is 3.08 bits per heavy atom. The van der Waals surface area contributed by atoms with Crippen molar-refractivity contribution in [1.29, 1.82) is 0 Å². The van der Waals surface area contributed by atoms with Crippen LogP contribution < -0.4 is 15.0 Å². The van der Waals surface area contributed by atoms with Gasteiger partial charge in [-0.1, -0.05) is 6.07 Å². The second-order valence-electron chi connectivity index (χ2n) is 6.41. The van der Waals surface area contributed by atoms with E-state index >= 15 is 0 Å². The van der Waals surface area contributed by atoms with E-state index in [1.807, 2.05) is 6.20 Å². The zero-order valence-corrected chi connectivity index (χ0v) is 14.0. The number of nitrogens with one attached hydrogen (secondary N) is 1. The molecule has 2 aromatic rings. The third-order valence-electron chi connectivity index (χ3n) is 4.74. The van der Waals surface area contributed by atoms with Crippen LogP contribution in [0.3, 0.4) is 0 Å². The molecule has 0 radical (unpaired) electrons. The summed E-state index contributed by atoms with van der Waals surface area (Å²) in [4.78, 5) is 30.2. The van der Waals surface area contributed by atoms with E-state index in [2.05, 4.69) is 16.4 Å². The molecule has 2 aliphatic rings. The van der Waals surface area contributed by atoms with Gasteiger partial charge in [0.2, 0.25) is 0 Å². The highest BCUT2D eigenvalue weighted by atomic mass is 16.5. The Labute approximate surface area is 145 Å². The molecule has 0 unspecified atom stereocenters. The number of aryl methyl sites for hydroxylation is 2. The number of ether oxygens (including phenoxy) is 1. The van der Waals surface area contributed by atoms with Crippen LogP contribution in [0.1, 0.15) is 33.6 Å². The highest BCUT2D eigenvalue weighted by molar-refractivity contribution is 6.00. The van der Waals surface area contributed by atoms with Gasteiger partial charge in [-0.15, -0.1) is 0 Å². The Morgan fingerprint density at radius 1 is 1.32 bits per heavy atom. The SMILES string of the molecule is CN1C(=O)COc2ccc(C(=O)NCc3cnc4c(c3)CCC4)cc21. The Bertz CT molecular complexity index is 863. The van der Waals surface area contributed by atoms with Gasteiger partial charge in [0.15, 0.2) is 6.61 Å². The van der Waals surface area contributed by atoms with Gasteiger partial charge in [-0.25, -0.2) is 0 Å². The lowest BCUT2D eigenvalue weighted by Gasteiger charge is -2.26. The van der Waals surface area contributed by atoms with Crippen molar-refractivity contribution in [3.63, 3.8) is 0 Å². The lowest BCUT2D eigenvalue weighted by Crippen LogP contribution is -2.35. The van der Waals surface area contributed by atoms with Crippen LogP contribution in [0.4, 0.5) is 5.69 Å². The van der Waals surface area contributed by atoms with Crippen molar-refractivity contribution in [2.45, 2.75) is 25.8 Å². The highest BCUT2D eigenvalue weighted by Gasteiger charge is 2.23. The molecule has 6 nitrogen and oxygen atoms in total. The number of amides is 2. The number of carbonyl (C=O) groups is 2. The van der Waals surface area contributed by atoms with Gasteiger partial charge in [-0.3, -0.25) is 14.6 Å². The van der Waals surface area contributed by atoms with Gasteiger partial charge in [0.25, 0.3) is 11.8 Å². The quantitative estimate of drug-likeness (QED) is 0.928. The molecule has 1 aromatic carbocycles. The summed E-state index contributed by atoms with van der Waals surface area (Å²) in [5.74, 6) is 0.297. The molecule has 1 aromatic heterocycles. The summed E-state index contributed by atoms with van der Waals surface area (Å²) in [6.07, 6.45) is 5.10. The molecule has 0 fully saturated rings. The minimum absolute atomic E-state index is 0.0281. The molecule has 1 N–H and O–H groups in total. The van der Waals surface area contributed by atoms with Crippen molar-refractivity contribution in [2.75, 3.05) is 18.6 Å². The Kier molecular flexibility index (Phi) is 3.87. The number of fused-ring (bicyclic) bond motifs is 2. The molecule has 0 atom stereocenters. The van der Waals surface area contributed by atoms with Gasteiger partial charge in [-0.2, -0.15) is 0 Å². The van der Waals surface area contributed by atoms with Gasteiger partial charge in [0.1, 0.15) is 5.75 Å². The summed E-state index contributed by atoms with van der Waals surface area (Å²) in [6.45, 7) is 0.460. The van der Waals surface area contributed by atoms with Crippen molar-refractivity contribution < 1.29 is 14.3 Å². The molecule has 2 amide bonds. The predicted molar refractivity (Wildman–Crippen MR) is 92.8 cm³/mol. The zero-order valence-electron chi connectivity index (χ0n) is 14.0. The Hall–Kier alpha value is -2.89. The molecular weight excluding hydrogens is 318 g/mol. The van der Waals surface area contributed by atoms with Crippen molar-refractivity contribution in [1.82, 2.24) is 10.3 Å². The number of pyridine rings is 1. The smallest absolute Gasteiger partial charge is 0.264 e. The van der Waals surface area contributed by atoms with E-state index < -0.39 is 0 Å². The van der Waals surface area contributed by atoms with E-state index in [-0.39, 0.29) is 18.4 Å². The molecule has 4 rings (SSSR count). The number of hydrogen-bond donors (Lipinski definition) is 1. The van der Waals surface area contributed by atoms with Crippen LogP contribution in [0.15, 0.2) is 30.5 Å². The first-order valence-electron chi connectivity index (χ1n) is 8.40. The molecule has 0 bridgehead atoms. The molecule has 2 heterocycles. The monoisotopic (exact) mass is 337 g/mol. The minimum atomic E-state index is -0.185. The second kappa shape index (κ2) is 6.20. The van der Waals surface area contributed by atoms with Crippen LogP contribution in [-0.2, 0) is 24.2 Å². The van der Waals surface area contributed by atoms with E-state index in [9.17, 15) is 9.59 Å². The summed E-state index contributed by atoms with van der Waals surface area (Å²) >= 11 is 0. The number of hydrogen-bond acceptors (Lipinski definition) is 4. The number of nitrogens with zero attached hydrogens (tertiary/aromatic N) is 2. The molecule has 0 saturated carbocycles. The van der Waals surface area contributed by atoms with E-state index in [0.717, 1.165) is 24.8 Å². The fourth-order valence-electron chi connectivity index (χ4n) is 3.27. The fraction of sp³-hybridized carbons (Fsp3) is 0.316. The number of carbonyl (C=O) groups excluding carboxylic acids is 2. The molecule has 128 valence electrons. The predicted octanol–water partition coefficient (Wildman–Crippen LogP) is 1.86. The van der Waals surface area contributed by atoms with Gasteiger partial charge < -0.3 is 15.0 Å². The lowest BCUT2D eigenvalue weighted by atomic mass is 10.1. The summed E-state index contributed by atoms with van der Waals surface area (Å²) in [5, 5.41) is 2.92. The highest BCUT2D eigenvalue weighted by Crippen LogP contribution is 2.31. The fourth-order valence-corrected chi connectivity index (χ4v) is 3.27. The number of rotatable bonds is 3. The zero-order chi connectivity index (χ0) is 17.4. The summed E-state index contributed by atoms with van der Waals surface area (Å²) in [6, 6.07) is 7.24. The standard InChI is InChI=1S/C19H19N3O3/c1-22-16-8-14(5-6-17(16)25-11-18(22)23)19(24)21-10-12-7-13-3-2-4-15(13)20-9-12/h5-9H,2-4,10-11H2,1H3,(H,21,24). The maximum Gasteiger partial charge on any atom is 0.264 e. The second-order valence-corrected chi connectivity index (χ2v) is 6.41. The number of anilines is 1. The molecule has 0 saturated heterocycles. The van der Waals surface area contributed by atoms with Crippen molar-refractivity contribution in [3.8, 4) is 5.75 Å². The molecular formula is C19H19N3O3. The molecule has 25 heavy (non-hydrogen) atoms. The normalized spacial score (nSPS) is 15.4. The average Bonchev–Trinajstić information content (AvgIpc) is 3.10. The first-order chi connectivity index (χ1) is 12.1. The van der Waals surface area contributed by atoms with Crippen molar-refractivity contribution in [2.24, 2.45) is 0 Å². The van der Waals surface area contributed by atoms with Gasteiger partial charge >= 0.3 is 0 Å². The summed E-state index contributed by atoms with van der Waals surface area (Å²) < 4.78 is 5.38. The van der Waals surface area contributed by atoms with Gasteiger partial charge in [0, 0.05) is 31.0 Å². The van der Waals surface area contributed by atoms with Crippen molar-refractivity contribution >= 4 is 17.5 Å². The molecule has 6 heteroatoms. The van der Waals surface area contributed by atoms with Crippen LogP contribution in [0, 0.1) is 0 Å². The largest absolute Gasteiger partial charge is 0.482 e. The van der Waals surface area contributed by atoms with Crippen LogP contribution in [0.5, 0.6) is 5.75 Å². The number of aromatic nitrogens is 1. The van der Waals surface area contributed by atoms with E-state index in [1.165, 1.54) is 16.2 Å². The maximum atomic E-state index is 12.4. The van der Waals surface area contributed by atoms with Crippen molar-refractivity contribution in [3.05, 3.63) is 52.8 Å². The topological polar surface area (TPSA) is 71.5 Å². The van der Waals surface area contributed by atoms with Crippen LogP contribution in [0.25, 0.3) is 0 Å². The van der Waals surface area contributed by atoms with Crippen LogP contribution >= 0.6 is 0 Å². The third-order valence-corrected chi connectivity index (χ3v) is 4.74. The lowest BCUT2D eigenvalue weighted by molar-refractivity contribution is -0.120. The molecule has 0 spiro atoms. The van der Waals surface area contributed by atoms with Gasteiger partial charge in [0.05, 0.1) is 5.69 Å². The Morgan fingerprint density at radius 2 is 2.20 bits per heavy atom. The average molecular weight is 337 g/mol. The molecule has 1 aliphatic heterocycles.